The third kappa shape index (κ3) is 1.73. The van der Waals surface area contributed by atoms with Crippen LogP contribution in [-0.4, -0.2) is 9.78 Å². The molecular formula is C18H24N3+. The average Bonchev–Trinajstić information content (AvgIpc) is 2.96. The zero-order valence-corrected chi connectivity index (χ0v) is 13.3. The van der Waals surface area contributed by atoms with Crippen LogP contribution in [0.15, 0.2) is 24.3 Å². The Kier molecular flexibility index (Phi) is 2.75. The van der Waals surface area contributed by atoms with Crippen LogP contribution in [-0.2, 0) is 5.54 Å². The van der Waals surface area contributed by atoms with Gasteiger partial charge in [0, 0.05) is 17.6 Å². The van der Waals surface area contributed by atoms with Crippen molar-refractivity contribution >= 4 is 0 Å². The first-order chi connectivity index (χ1) is 10.1. The summed E-state index contributed by atoms with van der Waals surface area (Å²) in [6.07, 6.45) is 6.61. The van der Waals surface area contributed by atoms with Gasteiger partial charge in [0.15, 0.2) is 0 Å². The van der Waals surface area contributed by atoms with Crippen molar-refractivity contribution in [3.05, 3.63) is 35.7 Å². The van der Waals surface area contributed by atoms with E-state index in [0.29, 0.717) is 6.04 Å². The molecule has 2 heterocycles. The van der Waals surface area contributed by atoms with Gasteiger partial charge in [-0.15, -0.1) is 4.68 Å². The molecule has 1 saturated carbocycles. The Bertz CT molecular complexity index is 690. The molecule has 3 nitrogen and oxygen atoms in total. The lowest BCUT2D eigenvalue weighted by Gasteiger charge is -2.18. The smallest absolute Gasteiger partial charge is 0.219 e. The number of fused-ring (bicyclic) bond motifs is 3. The number of hydrogen-bond acceptors (Lipinski definition) is 1. The molecule has 21 heavy (non-hydrogen) atoms. The Morgan fingerprint density at radius 3 is 2.62 bits per heavy atom. The highest BCUT2D eigenvalue weighted by molar-refractivity contribution is 5.62. The van der Waals surface area contributed by atoms with E-state index in [4.69, 9.17) is 5.10 Å². The number of nitrogens with zero attached hydrogens (tertiary/aromatic N) is 3. The molecule has 0 atom stereocenters. The van der Waals surface area contributed by atoms with Gasteiger partial charge in [-0.1, -0.05) is 24.6 Å². The van der Waals surface area contributed by atoms with Crippen molar-refractivity contribution in [2.75, 3.05) is 0 Å². The van der Waals surface area contributed by atoms with E-state index in [9.17, 15) is 0 Å². The fraction of sp³-hybridized carbons (Fsp3) is 0.556. The van der Waals surface area contributed by atoms with Gasteiger partial charge >= 0.3 is 0 Å². The molecule has 110 valence electrons. The largest absolute Gasteiger partial charge is 0.275 e. The molecule has 0 radical (unpaired) electrons. The molecule has 4 rings (SSSR count). The van der Waals surface area contributed by atoms with E-state index in [1.807, 2.05) is 0 Å². The highest BCUT2D eigenvalue weighted by Crippen LogP contribution is 2.40. The van der Waals surface area contributed by atoms with Gasteiger partial charge in [-0.05, 0) is 45.6 Å². The van der Waals surface area contributed by atoms with Gasteiger partial charge < -0.3 is 0 Å². The zero-order valence-electron chi connectivity index (χ0n) is 13.3. The second-order valence-electron chi connectivity index (χ2n) is 7.05. The van der Waals surface area contributed by atoms with Crippen LogP contribution in [0.1, 0.15) is 63.4 Å². The van der Waals surface area contributed by atoms with Crippen LogP contribution >= 0.6 is 0 Å². The molecular weight excluding hydrogens is 258 g/mol. The highest BCUT2D eigenvalue weighted by atomic mass is 15.4. The summed E-state index contributed by atoms with van der Waals surface area (Å²) in [5.41, 5.74) is 2.80. The lowest BCUT2D eigenvalue weighted by Crippen LogP contribution is -2.51. The van der Waals surface area contributed by atoms with E-state index in [1.165, 1.54) is 49.1 Å². The van der Waals surface area contributed by atoms with E-state index in [0.717, 1.165) is 5.82 Å². The molecule has 0 spiro atoms. The standard InChI is InChI=1S/C18H24N3/c1-13-19-21(14-9-5-4-6-10-14)17-15-11-7-8-12-16(15)18(2,3)20(13)17/h7-8,11-12,14H,4-6,9-10H2,1-3H3/q+1. The predicted molar refractivity (Wildman–Crippen MR) is 83.1 cm³/mol. The average molecular weight is 282 g/mol. The normalized spacial score (nSPS) is 20.3. The number of benzene rings is 1. The van der Waals surface area contributed by atoms with Gasteiger partial charge in [-0.3, -0.25) is 0 Å². The minimum atomic E-state index is 0.00290. The second kappa shape index (κ2) is 4.43. The van der Waals surface area contributed by atoms with E-state index in [1.54, 1.807) is 0 Å². The highest BCUT2D eigenvalue weighted by Gasteiger charge is 2.46. The first kappa shape index (κ1) is 13.1. The molecule has 1 aromatic carbocycles. The van der Waals surface area contributed by atoms with Crippen LogP contribution in [0.4, 0.5) is 0 Å². The molecule has 0 amide bonds. The van der Waals surface area contributed by atoms with Crippen molar-refractivity contribution < 1.29 is 4.57 Å². The summed E-state index contributed by atoms with van der Waals surface area (Å²) in [4.78, 5) is 0. The fourth-order valence-electron chi connectivity index (χ4n) is 4.33. The molecule has 2 aliphatic rings. The quantitative estimate of drug-likeness (QED) is 0.730. The molecule has 0 saturated heterocycles. The summed E-state index contributed by atoms with van der Waals surface area (Å²) >= 11 is 0. The minimum absolute atomic E-state index is 0.00290. The Balaban J connectivity index is 1.94. The van der Waals surface area contributed by atoms with Crippen LogP contribution in [0.2, 0.25) is 0 Å². The van der Waals surface area contributed by atoms with Crippen molar-refractivity contribution in [1.82, 2.24) is 9.78 Å². The topological polar surface area (TPSA) is 21.7 Å². The summed E-state index contributed by atoms with van der Waals surface area (Å²) in [7, 11) is 0. The zero-order chi connectivity index (χ0) is 14.6. The van der Waals surface area contributed by atoms with Crippen molar-refractivity contribution in [1.29, 1.82) is 0 Å². The molecule has 2 aromatic rings. The third-order valence-electron chi connectivity index (χ3n) is 5.31. The van der Waals surface area contributed by atoms with E-state index in [2.05, 4.69) is 54.3 Å². The van der Waals surface area contributed by atoms with Gasteiger partial charge in [-0.25, -0.2) is 4.57 Å². The Hall–Kier alpha value is -1.64. The van der Waals surface area contributed by atoms with E-state index in [-0.39, 0.29) is 5.54 Å². The molecule has 1 aliphatic carbocycles. The van der Waals surface area contributed by atoms with Gasteiger partial charge in [-0.2, -0.15) is 0 Å². The number of aromatic nitrogens is 3. The van der Waals surface area contributed by atoms with Crippen molar-refractivity contribution in [3.63, 3.8) is 0 Å². The molecule has 0 unspecified atom stereocenters. The van der Waals surface area contributed by atoms with Crippen LogP contribution in [0, 0.1) is 6.92 Å². The monoisotopic (exact) mass is 282 g/mol. The molecule has 3 heteroatoms. The van der Waals surface area contributed by atoms with E-state index < -0.39 is 0 Å². The Labute approximate surface area is 126 Å². The predicted octanol–water partition coefficient (Wildman–Crippen LogP) is 3.75. The number of aryl methyl sites for hydroxylation is 1. The van der Waals surface area contributed by atoms with Crippen LogP contribution in [0.3, 0.4) is 0 Å². The van der Waals surface area contributed by atoms with Gasteiger partial charge in [0.05, 0.1) is 5.56 Å². The summed E-state index contributed by atoms with van der Waals surface area (Å²) in [6.45, 7) is 6.76. The van der Waals surface area contributed by atoms with Gasteiger partial charge in [0.2, 0.25) is 0 Å². The Morgan fingerprint density at radius 2 is 1.86 bits per heavy atom. The Morgan fingerprint density at radius 1 is 1.14 bits per heavy atom. The molecule has 0 N–H and O–H groups in total. The fourth-order valence-corrected chi connectivity index (χ4v) is 4.33. The summed E-state index contributed by atoms with van der Waals surface area (Å²) in [5.74, 6) is 2.46. The summed E-state index contributed by atoms with van der Waals surface area (Å²) < 4.78 is 4.77. The second-order valence-corrected chi connectivity index (χ2v) is 7.05. The molecule has 0 bridgehead atoms. The third-order valence-corrected chi connectivity index (χ3v) is 5.31. The number of hydrogen-bond donors (Lipinski definition) is 0. The SMILES string of the molecule is Cc1nn(C2CCCCC2)c2[n+]1C(C)(C)c1ccccc1-2. The van der Waals surface area contributed by atoms with Gasteiger partial charge in [0.1, 0.15) is 11.6 Å². The summed E-state index contributed by atoms with van der Waals surface area (Å²) in [6, 6.07) is 9.41. The lowest BCUT2D eigenvalue weighted by molar-refractivity contribution is -0.737. The maximum atomic E-state index is 4.93. The summed E-state index contributed by atoms with van der Waals surface area (Å²) in [5, 5.41) is 4.93. The first-order valence-corrected chi connectivity index (χ1v) is 8.22. The maximum absolute atomic E-state index is 4.93. The maximum Gasteiger partial charge on any atom is 0.275 e. The van der Waals surface area contributed by atoms with E-state index >= 15 is 0 Å². The lowest BCUT2D eigenvalue weighted by atomic mass is 9.93. The molecule has 1 fully saturated rings. The van der Waals surface area contributed by atoms with Crippen molar-refractivity contribution in [3.8, 4) is 11.4 Å². The minimum Gasteiger partial charge on any atom is -0.219 e. The van der Waals surface area contributed by atoms with Crippen LogP contribution in [0.25, 0.3) is 11.4 Å². The first-order valence-electron chi connectivity index (χ1n) is 8.22. The number of rotatable bonds is 1. The molecule has 1 aromatic heterocycles. The molecule has 1 aliphatic heterocycles. The van der Waals surface area contributed by atoms with Crippen LogP contribution < -0.4 is 4.57 Å². The van der Waals surface area contributed by atoms with Crippen molar-refractivity contribution in [2.45, 2.75) is 64.5 Å². The van der Waals surface area contributed by atoms with Crippen LogP contribution in [0.5, 0.6) is 0 Å². The van der Waals surface area contributed by atoms with Crippen molar-refractivity contribution in [2.24, 2.45) is 0 Å². The van der Waals surface area contributed by atoms with Gasteiger partial charge in [0.25, 0.3) is 11.6 Å².